The predicted molar refractivity (Wildman–Crippen MR) is 140 cm³/mol. The molecule has 0 bridgehead atoms. The zero-order valence-corrected chi connectivity index (χ0v) is 20.7. The minimum atomic E-state index is -1.40. The van der Waals surface area contributed by atoms with E-state index in [1.165, 1.54) is 16.8 Å². The summed E-state index contributed by atoms with van der Waals surface area (Å²) in [5.41, 5.74) is 7.79. The van der Waals surface area contributed by atoms with Crippen LogP contribution in [0.3, 0.4) is 0 Å². The number of nitrogens with two attached hydrogens (primary N) is 1. The first-order valence-electron chi connectivity index (χ1n) is 12.5. The molecule has 4 aromatic rings. The fraction of sp³-hybridized carbons (Fsp3) is 0.276. The predicted octanol–water partition coefficient (Wildman–Crippen LogP) is 4.85. The number of halogens is 1. The Labute approximate surface area is 215 Å². The van der Waals surface area contributed by atoms with E-state index in [1.54, 1.807) is 37.4 Å². The van der Waals surface area contributed by atoms with Crippen molar-refractivity contribution in [3.63, 3.8) is 0 Å². The van der Waals surface area contributed by atoms with Gasteiger partial charge in [0.25, 0.3) is 5.91 Å². The summed E-state index contributed by atoms with van der Waals surface area (Å²) in [5.74, 6) is -0.527. The van der Waals surface area contributed by atoms with Crippen molar-refractivity contribution in [1.29, 1.82) is 0 Å². The summed E-state index contributed by atoms with van der Waals surface area (Å²) in [7, 11) is 0. The van der Waals surface area contributed by atoms with Crippen molar-refractivity contribution < 1.29 is 14.3 Å². The van der Waals surface area contributed by atoms with Crippen LogP contribution >= 0.6 is 0 Å². The number of aryl methyl sites for hydroxylation is 1. The van der Waals surface area contributed by atoms with Gasteiger partial charge in [-0.05, 0) is 79.3 Å². The van der Waals surface area contributed by atoms with Crippen LogP contribution in [-0.4, -0.2) is 25.8 Å². The monoisotopic (exact) mass is 499 g/mol. The highest BCUT2D eigenvalue weighted by molar-refractivity contribution is 6.03. The number of carbonyl (C=O) groups excluding carboxylic acids is 1. The van der Waals surface area contributed by atoms with Crippen LogP contribution < -0.4 is 11.1 Å². The summed E-state index contributed by atoms with van der Waals surface area (Å²) >= 11 is 0. The number of nitrogens with one attached hydrogen (secondary N) is 1. The van der Waals surface area contributed by atoms with Crippen LogP contribution in [0.25, 0.3) is 5.69 Å². The lowest BCUT2D eigenvalue weighted by atomic mass is 9.84. The molecule has 8 heteroatoms. The smallest absolute Gasteiger partial charge is 0.274 e. The molecule has 1 atom stereocenters. The molecule has 1 unspecified atom stereocenters. The second-order valence-electron chi connectivity index (χ2n) is 9.66. The number of anilines is 1. The maximum absolute atomic E-state index is 14.9. The zero-order valence-electron chi connectivity index (χ0n) is 20.7. The second kappa shape index (κ2) is 10.2. The molecule has 0 spiro atoms. The number of hydrogen-bond acceptors (Lipinski definition) is 5. The summed E-state index contributed by atoms with van der Waals surface area (Å²) in [6.07, 6.45) is 5.24. The molecule has 1 fully saturated rings. The van der Waals surface area contributed by atoms with Gasteiger partial charge in [-0.2, -0.15) is 5.10 Å². The first-order chi connectivity index (χ1) is 17.9. The van der Waals surface area contributed by atoms with Gasteiger partial charge in [-0.15, -0.1) is 0 Å². The molecule has 2 aromatic heterocycles. The Morgan fingerprint density at radius 3 is 2.73 bits per heavy atom. The lowest BCUT2D eigenvalue weighted by Gasteiger charge is -2.29. The van der Waals surface area contributed by atoms with Gasteiger partial charge in [0.05, 0.1) is 22.8 Å². The molecule has 4 N–H and O–H groups in total. The van der Waals surface area contributed by atoms with Crippen LogP contribution in [0.4, 0.5) is 10.1 Å². The van der Waals surface area contributed by atoms with Crippen molar-refractivity contribution in [2.24, 2.45) is 11.7 Å². The third kappa shape index (κ3) is 5.30. The lowest BCUT2D eigenvalue weighted by molar-refractivity contribution is 0.0624. The summed E-state index contributed by atoms with van der Waals surface area (Å²) in [6.45, 7) is 2.14. The van der Waals surface area contributed by atoms with Gasteiger partial charge in [0.15, 0.2) is 0 Å². The molecule has 1 amide bonds. The Morgan fingerprint density at radius 1 is 1.16 bits per heavy atom. The summed E-state index contributed by atoms with van der Waals surface area (Å²) < 4.78 is 16.5. The average Bonchev–Trinajstić information content (AvgIpc) is 3.67. The molecule has 0 radical (unpaired) electrons. The van der Waals surface area contributed by atoms with Gasteiger partial charge >= 0.3 is 0 Å². The average molecular weight is 500 g/mol. The number of benzene rings is 2. The van der Waals surface area contributed by atoms with E-state index in [1.807, 2.05) is 30.3 Å². The first kappa shape index (κ1) is 24.8. The fourth-order valence-corrected chi connectivity index (χ4v) is 4.59. The number of aliphatic hydroxyl groups is 1. The second-order valence-corrected chi connectivity index (χ2v) is 9.66. The van der Waals surface area contributed by atoms with Gasteiger partial charge in [0.1, 0.15) is 17.1 Å². The Morgan fingerprint density at radius 2 is 2.00 bits per heavy atom. The Bertz CT molecular complexity index is 1420. The minimum Gasteiger partial charge on any atom is -0.379 e. The number of hydrogen-bond donors (Lipinski definition) is 3. The number of amides is 1. The van der Waals surface area contributed by atoms with Crippen molar-refractivity contribution in [2.45, 2.75) is 44.8 Å². The molecule has 5 rings (SSSR count). The van der Waals surface area contributed by atoms with Crippen LogP contribution in [0.1, 0.15) is 58.7 Å². The van der Waals surface area contributed by atoms with Crippen molar-refractivity contribution in [2.75, 3.05) is 5.32 Å². The maximum Gasteiger partial charge on any atom is 0.274 e. The van der Waals surface area contributed by atoms with Gasteiger partial charge in [-0.25, -0.2) is 9.07 Å². The molecule has 0 saturated heterocycles. The molecule has 7 nitrogen and oxygen atoms in total. The third-order valence-electron chi connectivity index (χ3n) is 6.85. The number of nitrogens with zero attached hydrogens (tertiary/aromatic N) is 3. The molecule has 0 aliphatic heterocycles. The van der Waals surface area contributed by atoms with E-state index in [0.717, 1.165) is 24.8 Å². The molecule has 1 saturated carbocycles. The molecule has 190 valence electrons. The van der Waals surface area contributed by atoms with E-state index in [9.17, 15) is 14.3 Å². The fourth-order valence-electron chi connectivity index (χ4n) is 4.59. The van der Waals surface area contributed by atoms with E-state index in [4.69, 9.17) is 5.73 Å². The van der Waals surface area contributed by atoms with Crippen LogP contribution in [0, 0.1) is 18.7 Å². The van der Waals surface area contributed by atoms with Crippen LogP contribution in [0.2, 0.25) is 0 Å². The normalized spacial score (nSPS) is 14.8. The Balaban J connectivity index is 1.47. The molecular weight excluding hydrogens is 469 g/mol. The van der Waals surface area contributed by atoms with Gasteiger partial charge < -0.3 is 16.2 Å². The van der Waals surface area contributed by atoms with E-state index >= 15 is 0 Å². The van der Waals surface area contributed by atoms with E-state index in [2.05, 4.69) is 15.4 Å². The molecule has 1 aliphatic carbocycles. The maximum atomic E-state index is 14.9. The summed E-state index contributed by atoms with van der Waals surface area (Å²) in [5, 5.41) is 19.0. The zero-order chi connectivity index (χ0) is 26.0. The standard InChI is InChI=1S/C29H30FN5O2/c1-19-15-26(35(34-19)23-6-4-5-21(16-23)18-31)28(36)33-25-17-22(10-11-24(25)30)29(37,13-12-20-8-9-20)27-7-2-3-14-32-27/h2-7,10-11,14-17,20,37H,8-9,12-13,18,31H2,1H3,(H,33,36). The van der Waals surface area contributed by atoms with Crippen molar-refractivity contribution >= 4 is 11.6 Å². The number of aromatic nitrogens is 3. The quantitative estimate of drug-likeness (QED) is 0.305. The highest BCUT2D eigenvalue weighted by Gasteiger charge is 2.36. The van der Waals surface area contributed by atoms with Gasteiger partial charge in [-0.3, -0.25) is 9.78 Å². The third-order valence-corrected chi connectivity index (χ3v) is 6.85. The number of carbonyl (C=O) groups is 1. The van der Waals surface area contributed by atoms with Crippen molar-refractivity contribution in [3.8, 4) is 5.69 Å². The van der Waals surface area contributed by atoms with Crippen LogP contribution in [0.15, 0.2) is 72.9 Å². The largest absolute Gasteiger partial charge is 0.379 e. The van der Waals surface area contributed by atoms with Crippen LogP contribution in [0.5, 0.6) is 0 Å². The van der Waals surface area contributed by atoms with Gasteiger partial charge in [-0.1, -0.05) is 37.1 Å². The Kier molecular flexibility index (Phi) is 6.86. The minimum absolute atomic E-state index is 0.0237. The van der Waals surface area contributed by atoms with Crippen molar-refractivity contribution in [1.82, 2.24) is 14.8 Å². The highest BCUT2D eigenvalue weighted by atomic mass is 19.1. The molecule has 37 heavy (non-hydrogen) atoms. The SMILES string of the molecule is Cc1cc(C(=O)Nc2cc(C(O)(CCC3CC3)c3ccccn3)ccc2F)n(-c2cccc(CN)c2)n1. The number of rotatable bonds is 9. The van der Waals surface area contributed by atoms with Gasteiger partial charge in [0, 0.05) is 12.7 Å². The first-order valence-corrected chi connectivity index (χ1v) is 12.5. The van der Waals surface area contributed by atoms with E-state index in [-0.39, 0.29) is 11.4 Å². The molecule has 1 aliphatic rings. The lowest BCUT2D eigenvalue weighted by Crippen LogP contribution is -2.29. The molecule has 2 heterocycles. The van der Waals surface area contributed by atoms with E-state index < -0.39 is 17.3 Å². The molecule has 2 aromatic carbocycles. The Hall–Kier alpha value is -3.88. The van der Waals surface area contributed by atoms with E-state index in [0.29, 0.717) is 41.5 Å². The van der Waals surface area contributed by atoms with Gasteiger partial charge in [0.2, 0.25) is 0 Å². The summed E-state index contributed by atoms with van der Waals surface area (Å²) in [4.78, 5) is 17.7. The highest BCUT2D eigenvalue weighted by Crippen LogP contribution is 2.41. The summed E-state index contributed by atoms with van der Waals surface area (Å²) in [6, 6.07) is 18.8. The topological polar surface area (TPSA) is 106 Å². The van der Waals surface area contributed by atoms with Crippen molar-refractivity contribution in [3.05, 3.63) is 107 Å². The molecular formula is C29H30FN5O2. The van der Waals surface area contributed by atoms with Crippen LogP contribution in [-0.2, 0) is 12.1 Å². The number of pyridine rings is 1.